The summed E-state index contributed by atoms with van der Waals surface area (Å²) in [5, 5.41) is 4.11. The number of nitrogens with zero attached hydrogens (tertiary/aromatic N) is 3. The van der Waals surface area contributed by atoms with Crippen LogP contribution < -0.4 is 9.46 Å². The Balaban J connectivity index is 1.45. The van der Waals surface area contributed by atoms with E-state index in [1.165, 1.54) is 60.3 Å². The number of hydrogen-bond donors (Lipinski definition) is 1. The van der Waals surface area contributed by atoms with Crippen LogP contribution in [0.4, 0.5) is 13.2 Å². The van der Waals surface area contributed by atoms with Gasteiger partial charge >= 0.3 is 6.18 Å². The maximum atomic E-state index is 13.3. The van der Waals surface area contributed by atoms with Gasteiger partial charge in [-0.2, -0.15) is 13.2 Å². The Kier molecular flexibility index (Phi) is 6.11. The number of rotatable bonds is 7. The molecule has 4 rings (SSSR count). The maximum Gasteiger partial charge on any atom is 0.397 e. The summed E-state index contributed by atoms with van der Waals surface area (Å²) < 4.78 is 73.3. The number of nitrogens with one attached hydrogen (secondary N) is 1. The lowest BCUT2D eigenvalue weighted by Crippen LogP contribution is -2.48. The molecule has 2 aromatic heterocycles. The quantitative estimate of drug-likeness (QED) is 0.536. The first-order valence-corrected chi connectivity index (χ1v) is 11.8. The summed E-state index contributed by atoms with van der Waals surface area (Å²) in [7, 11) is -4.05. The first kappa shape index (κ1) is 23.7. The van der Waals surface area contributed by atoms with Crippen molar-refractivity contribution in [3.8, 4) is 11.7 Å². The van der Waals surface area contributed by atoms with E-state index in [1.807, 2.05) is 4.72 Å². The topological polar surface area (TPSA) is 103 Å². The fourth-order valence-corrected chi connectivity index (χ4v) is 4.58. The highest BCUT2D eigenvalue weighted by Gasteiger charge is 2.58. The van der Waals surface area contributed by atoms with Gasteiger partial charge in [0.05, 0.1) is 16.2 Å². The Morgan fingerprint density at radius 3 is 2.44 bits per heavy atom. The van der Waals surface area contributed by atoms with E-state index in [2.05, 4.69) is 10.1 Å². The van der Waals surface area contributed by atoms with Crippen molar-refractivity contribution in [2.45, 2.75) is 37.3 Å². The van der Waals surface area contributed by atoms with Crippen molar-refractivity contribution >= 4 is 15.9 Å². The van der Waals surface area contributed by atoms with Crippen LogP contribution in [0.25, 0.3) is 5.82 Å². The molecule has 0 spiro atoms. The number of benzene rings is 1. The molecule has 0 aliphatic heterocycles. The van der Waals surface area contributed by atoms with E-state index >= 15 is 0 Å². The van der Waals surface area contributed by atoms with E-state index in [1.54, 1.807) is 6.07 Å². The Hall–Kier alpha value is -3.41. The third kappa shape index (κ3) is 4.63. The molecule has 1 saturated carbocycles. The zero-order valence-corrected chi connectivity index (χ0v) is 18.9. The van der Waals surface area contributed by atoms with Gasteiger partial charge < -0.3 is 4.74 Å². The van der Waals surface area contributed by atoms with E-state index in [0.717, 1.165) is 0 Å². The van der Waals surface area contributed by atoms with Gasteiger partial charge in [0.15, 0.2) is 5.82 Å². The van der Waals surface area contributed by atoms with Crippen LogP contribution in [0.3, 0.4) is 0 Å². The van der Waals surface area contributed by atoms with Crippen LogP contribution in [0.15, 0.2) is 59.6 Å². The Labute approximate surface area is 193 Å². The smallest absolute Gasteiger partial charge is 0.397 e. The van der Waals surface area contributed by atoms with E-state index < -0.39 is 34.1 Å². The molecular weight excluding hydrogens is 473 g/mol. The van der Waals surface area contributed by atoms with Gasteiger partial charge in [0, 0.05) is 12.3 Å². The largest absolute Gasteiger partial charge is 0.476 e. The average molecular weight is 494 g/mol. The monoisotopic (exact) mass is 494 g/mol. The first-order valence-electron chi connectivity index (χ1n) is 10.4. The Morgan fingerprint density at radius 1 is 1.15 bits per heavy atom. The summed E-state index contributed by atoms with van der Waals surface area (Å²) in [6, 6.07) is 11.7. The molecule has 12 heteroatoms. The molecular formula is C22H21F3N4O4S. The minimum absolute atomic E-state index is 0.0192. The van der Waals surface area contributed by atoms with Gasteiger partial charge in [-0.3, -0.25) is 4.79 Å². The molecule has 0 unspecified atom stereocenters. The molecule has 1 N–H and O–H groups in total. The van der Waals surface area contributed by atoms with Gasteiger partial charge in [0.1, 0.15) is 12.0 Å². The second-order valence-corrected chi connectivity index (χ2v) is 9.75. The Bertz CT molecular complexity index is 1300. The molecule has 3 aromatic rings. The molecule has 0 bridgehead atoms. The highest BCUT2D eigenvalue weighted by atomic mass is 32.2. The Morgan fingerprint density at radius 2 is 1.85 bits per heavy atom. The second-order valence-electron chi connectivity index (χ2n) is 8.07. The molecule has 2 heterocycles. The summed E-state index contributed by atoms with van der Waals surface area (Å²) >= 11 is 0. The standard InChI is InChI=1S/C22H21F3N4O4S/c1-15-17(20(30)28-34(31,32)16-6-3-2-4-7-16)8-9-18(26-15)29-13-10-19(27-29)33-14-21(11-5-12-21)22(23,24)25/h2-4,6-10,13H,5,11-12,14H2,1H3,(H,28,30). The number of halogens is 3. The minimum Gasteiger partial charge on any atom is -0.476 e. The van der Waals surface area contributed by atoms with Crippen molar-refractivity contribution in [1.82, 2.24) is 19.5 Å². The lowest BCUT2D eigenvalue weighted by atomic mass is 9.69. The summed E-state index contributed by atoms with van der Waals surface area (Å²) in [6.07, 6.45) is -2.30. The average Bonchev–Trinajstić information content (AvgIpc) is 3.21. The van der Waals surface area contributed by atoms with Crippen molar-refractivity contribution in [2.24, 2.45) is 5.41 Å². The number of carbonyl (C=O) groups is 1. The van der Waals surface area contributed by atoms with E-state index in [-0.39, 0.29) is 40.7 Å². The predicted molar refractivity (Wildman–Crippen MR) is 115 cm³/mol. The van der Waals surface area contributed by atoms with Crippen LogP contribution in [-0.4, -0.2) is 41.9 Å². The molecule has 1 aliphatic carbocycles. The number of pyridine rings is 1. The van der Waals surface area contributed by atoms with Gasteiger partial charge in [0.25, 0.3) is 15.9 Å². The van der Waals surface area contributed by atoms with Crippen molar-refractivity contribution < 1.29 is 31.1 Å². The van der Waals surface area contributed by atoms with Crippen molar-refractivity contribution in [2.75, 3.05) is 6.61 Å². The summed E-state index contributed by atoms with van der Waals surface area (Å²) in [6.45, 7) is 1.02. The molecule has 0 atom stereocenters. The third-order valence-electron chi connectivity index (χ3n) is 5.80. The molecule has 1 amide bonds. The molecule has 0 radical (unpaired) electrons. The van der Waals surface area contributed by atoms with Gasteiger partial charge in [0.2, 0.25) is 5.88 Å². The lowest BCUT2D eigenvalue weighted by molar-refractivity contribution is -0.259. The van der Waals surface area contributed by atoms with Crippen LogP contribution in [-0.2, 0) is 10.0 Å². The van der Waals surface area contributed by atoms with Crippen LogP contribution >= 0.6 is 0 Å². The summed E-state index contributed by atoms with van der Waals surface area (Å²) in [5.41, 5.74) is -1.55. The molecule has 1 fully saturated rings. The van der Waals surface area contributed by atoms with Crippen LogP contribution in [0.2, 0.25) is 0 Å². The highest BCUT2D eigenvalue weighted by molar-refractivity contribution is 7.90. The predicted octanol–water partition coefficient (Wildman–Crippen LogP) is 3.81. The van der Waals surface area contributed by atoms with Gasteiger partial charge in [-0.15, -0.1) is 5.10 Å². The highest BCUT2D eigenvalue weighted by Crippen LogP contribution is 2.53. The number of ether oxygens (including phenoxy) is 1. The number of hydrogen-bond acceptors (Lipinski definition) is 6. The summed E-state index contributed by atoms with van der Waals surface area (Å²) in [5.74, 6) is -0.544. The van der Waals surface area contributed by atoms with Crippen LogP contribution in [0.1, 0.15) is 35.3 Å². The number of aromatic nitrogens is 3. The number of carbonyl (C=O) groups excluding carboxylic acids is 1. The van der Waals surface area contributed by atoms with Crippen molar-refractivity contribution in [3.05, 3.63) is 66.0 Å². The van der Waals surface area contributed by atoms with Crippen LogP contribution in [0.5, 0.6) is 5.88 Å². The van der Waals surface area contributed by atoms with Crippen molar-refractivity contribution in [3.63, 3.8) is 0 Å². The van der Waals surface area contributed by atoms with Crippen LogP contribution in [0, 0.1) is 12.3 Å². The molecule has 180 valence electrons. The molecule has 8 nitrogen and oxygen atoms in total. The van der Waals surface area contributed by atoms with Gasteiger partial charge in [-0.05, 0) is 44.0 Å². The number of sulfonamides is 1. The van der Waals surface area contributed by atoms with E-state index in [4.69, 9.17) is 4.74 Å². The maximum absolute atomic E-state index is 13.3. The summed E-state index contributed by atoms with van der Waals surface area (Å²) in [4.78, 5) is 16.7. The minimum atomic E-state index is -4.34. The normalized spacial score (nSPS) is 15.4. The zero-order valence-electron chi connectivity index (χ0n) is 18.0. The fourth-order valence-electron chi connectivity index (χ4n) is 3.59. The lowest BCUT2D eigenvalue weighted by Gasteiger charge is -2.42. The van der Waals surface area contributed by atoms with Gasteiger partial charge in [-0.1, -0.05) is 24.6 Å². The number of amides is 1. The third-order valence-corrected chi connectivity index (χ3v) is 7.15. The van der Waals surface area contributed by atoms with Gasteiger partial charge in [-0.25, -0.2) is 22.8 Å². The SMILES string of the molecule is Cc1nc(-n2ccc(OCC3(C(F)(F)F)CCC3)n2)ccc1C(=O)NS(=O)(=O)c1ccccc1. The molecule has 1 aromatic carbocycles. The second kappa shape index (κ2) is 8.75. The van der Waals surface area contributed by atoms with E-state index in [0.29, 0.717) is 6.42 Å². The number of alkyl halides is 3. The fraction of sp³-hybridized carbons (Fsp3) is 0.318. The van der Waals surface area contributed by atoms with Crippen molar-refractivity contribution in [1.29, 1.82) is 0 Å². The molecule has 0 saturated heterocycles. The number of aryl methyl sites for hydroxylation is 1. The molecule has 1 aliphatic rings. The molecule has 34 heavy (non-hydrogen) atoms. The van der Waals surface area contributed by atoms with E-state index in [9.17, 15) is 26.4 Å². The first-order chi connectivity index (χ1) is 16.0. The zero-order chi connectivity index (χ0) is 24.6.